The van der Waals surface area contributed by atoms with Crippen molar-refractivity contribution in [2.24, 2.45) is 5.92 Å². The minimum atomic E-state index is 0.500. The van der Waals surface area contributed by atoms with Crippen LogP contribution in [0, 0.1) is 5.92 Å². The molecule has 0 amide bonds. The second kappa shape index (κ2) is 7.51. The van der Waals surface area contributed by atoms with Crippen molar-refractivity contribution in [3.8, 4) is 5.75 Å². The van der Waals surface area contributed by atoms with E-state index in [4.69, 9.17) is 9.47 Å². The molecule has 2 rings (SSSR count). The third-order valence-corrected chi connectivity index (χ3v) is 3.53. The van der Waals surface area contributed by atoms with E-state index in [9.17, 15) is 0 Å². The third kappa shape index (κ3) is 4.51. The first-order chi connectivity index (χ1) is 9.27. The van der Waals surface area contributed by atoms with Crippen molar-refractivity contribution in [1.82, 2.24) is 5.32 Å². The van der Waals surface area contributed by atoms with Gasteiger partial charge in [-0.3, -0.25) is 0 Å². The van der Waals surface area contributed by atoms with Crippen LogP contribution in [-0.4, -0.2) is 32.9 Å². The molecule has 1 atom stereocenters. The van der Waals surface area contributed by atoms with Crippen LogP contribution in [0.3, 0.4) is 0 Å². The van der Waals surface area contributed by atoms with Crippen LogP contribution in [0.2, 0.25) is 0 Å². The SMILES string of the molecule is CC(C)c1ccccc1OCCNCC1CCOC1. The second-order valence-corrected chi connectivity index (χ2v) is 5.47. The zero-order valence-electron chi connectivity index (χ0n) is 12.0. The number of hydrogen-bond donors (Lipinski definition) is 1. The van der Waals surface area contributed by atoms with Gasteiger partial charge in [-0.1, -0.05) is 32.0 Å². The molecule has 0 aromatic heterocycles. The van der Waals surface area contributed by atoms with E-state index < -0.39 is 0 Å². The first kappa shape index (κ1) is 14.4. The lowest BCUT2D eigenvalue weighted by atomic mass is 10.0. The summed E-state index contributed by atoms with van der Waals surface area (Å²) in [5.74, 6) is 2.20. The molecule has 1 saturated heterocycles. The van der Waals surface area contributed by atoms with Gasteiger partial charge in [0.25, 0.3) is 0 Å². The van der Waals surface area contributed by atoms with Crippen LogP contribution in [-0.2, 0) is 4.74 Å². The number of rotatable bonds is 7. The molecule has 0 spiro atoms. The predicted molar refractivity (Wildman–Crippen MR) is 77.8 cm³/mol. The topological polar surface area (TPSA) is 30.5 Å². The molecule has 3 nitrogen and oxygen atoms in total. The Kier molecular flexibility index (Phi) is 5.67. The normalized spacial score (nSPS) is 19.0. The lowest BCUT2D eigenvalue weighted by Gasteiger charge is -2.14. The minimum Gasteiger partial charge on any atom is -0.492 e. The predicted octanol–water partition coefficient (Wildman–Crippen LogP) is 2.81. The average Bonchev–Trinajstić information content (AvgIpc) is 2.92. The number of hydrogen-bond acceptors (Lipinski definition) is 3. The van der Waals surface area contributed by atoms with Crippen LogP contribution in [0.5, 0.6) is 5.75 Å². The number of ether oxygens (including phenoxy) is 2. The molecule has 1 aliphatic heterocycles. The lowest BCUT2D eigenvalue weighted by molar-refractivity contribution is 0.185. The van der Waals surface area contributed by atoms with Crippen LogP contribution in [0.25, 0.3) is 0 Å². The lowest BCUT2D eigenvalue weighted by Crippen LogP contribution is -2.27. The molecule has 0 saturated carbocycles. The molecule has 1 N–H and O–H groups in total. The Balaban J connectivity index is 1.67. The molecule has 0 radical (unpaired) electrons. The Morgan fingerprint density at radius 1 is 1.37 bits per heavy atom. The number of benzene rings is 1. The molecule has 106 valence electrons. The quantitative estimate of drug-likeness (QED) is 0.767. The molecule has 1 fully saturated rings. The molecular formula is C16H25NO2. The van der Waals surface area contributed by atoms with Gasteiger partial charge in [0, 0.05) is 19.7 Å². The minimum absolute atomic E-state index is 0.500. The van der Waals surface area contributed by atoms with E-state index in [-0.39, 0.29) is 0 Å². The Bertz CT molecular complexity index is 373. The van der Waals surface area contributed by atoms with E-state index in [2.05, 4.69) is 37.4 Å². The molecule has 1 aliphatic rings. The first-order valence-electron chi connectivity index (χ1n) is 7.27. The van der Waals surface area contributed by atoms with Gasteiger partial charge in [-0.05, 0) is 29.9 Å². The fourth-order valence-electron chi connectivity index (χ4n) is 2.37. The Morgan fingerprint density at radius 3 is 2.95 bits per heavy atom. The maximum atomic E-state index is 5.87. The summed E-state index contributed by atoms with van der Waals surface area (Å²) in [6, 6.07) is 8.30. The standard InChI is InChI=1S/C16H25NO2/c1-13(2)15-5-3-4-6-16(15)19-10-8-17-11-14-7-9-18-12-14/h3-6,13-14,17H,7-12H2,1-2H3. The van der Waals surface area contributed by atoms with Gasteiger partial charge in [0.1, 0.15) is 12.4 Å². The summed E-state index contributed by atoms with van der Waals surface area (Å²) in [4.78, 5) is 0. The summed E-state index contributed by atoms with van der Waals surface area (Å²) in [5.41, 5.74) is 1.28. The van der Waals surface area contributed by atoms with Gasteiger partial charge in [-0.15, -0.1) is 0 Å². The Hall–Kier alpha value is -1.06. The summed E-state index contributed by atoms with van der Waals surface area (Å²) in [6.07, 6.45) is 1.18. The molecule has 3 heteroatoms. The summed E-state index contributed by atoms with van der Waals surface area (Å²) in [7, 11) is 0. The van der Waals surface area contributed by atoms with E-state index in [1.165, 1.54) is 12.0 Å². The molecule has 0 aliphatic carbocycles. The average molecular weight is 263 g/mol. The van der Waals surface area contributed by atoms with Crippen LogP contribution in [0.15, 0.2) is 24.3 Å². The molecule has 1 unspecified atom stereocenters. The van der Waals surface area contributed by atoms with E-state index >= 15 is 0 Å². The molecular weight excluding hydrogens is 238 g/mol. The van der Waals surface area contributed by atoms with E-state index in [0.29, 0.717) is 11.8 Å². The van der Waals surface area contributed by atoms with E-state index in [0.717, 1.165) is 38.7 Å². The van der Waals surface area contributed by atoms with Gasteiger partial charge in [0.15, 0.2) is 0 Å². The zero-order chi connectivity index (χ0) is 13.5. The van der Waals surface area contributed by atoms with Gasteiger partial charge in [0.05, 0.1) is 6.61 Å². The summed E-state index contributed by atoms with van der Waals surface area (Å²) >= 11 is 0. The van der Waals surface area contributed by atoms with Gasteiger partial charge in [0.2, 0.25) is 0 Å². The smallest absolute Gasteiger partial charge is 0.122 e. The van der Waals surface area contributed by atoms with Gasteiger partial charge in [-0.2, -0.15) is 0 Å². The van der Waals surface area contributed by atoms with Crippen LogP contribution in [0.1, 0.15) is 31.7 Å². The Morgan fingerprint density at radius 2 is 2.21 bits per heavy atom. The highest BCUT2D eigenvalue weighted by atomic mass is 16.5. The molecule has 1 aromatic rings. The molecule has 1 aromatic carbocycles. The summed E-state index contributed by atoms with van der Waals surface area (Å²) in [6.45, 7) is 8.87. The van der Waals surface area contributed by atoms with Crippen molar-refractivity contribution in [1.29, 1.82) is 0 Å². The van der Waals surface area contributed by atoms with Crippen molar-refractivity contribution in [3.05, 3.63) is 29.8 Å². The van der Waals surface area contributed by atoms with Gasteiger partial charge < -0.3 is 14.8 Å². The molecule has 1 heterocycles. The molecule has 19 heavy (non-hydrogen) atoms. The van der Waals surface area contributed by atoms with Gasteiger partial charge in [-0.25, -0.2) is 0 Å². The molecule has 0 bridgehead atoms. The van der Waals surface area contributed by atoms with Crippen molar-refractivity contribution < 1.29 is 9.47 Å². The van der Waals surface area contributed by atoms with Gasteiger partial charge >= 0.3 is 0 Å². The van der Waals surface area contributed by atoms with Crippen molar-refractivity contribution >= 4 is 0 Å². The number of nitrogens with one attached hydrogen (secondary N) is 1. The van der Waals surface area contributed by atoms with E-state index in [1.807, 2.05) is 6.07 Å². The monoisotopic (exact) mass is 263 g/mol. The van der Waals surface area contributed by atoms with Crippen LogP contribution in [0.4, 0.5) is 0 Å². The fourth-order valence-corrected chi connectivity index (χ4v) is 2.37. The highest BCUT2D eigenvalue weighted by molar-refractivity contribution is 5.35. The van der Waals surface area contributed by atoms with E-state index in [1.54, 1.807) is 0 Å². The van der Waals surface area contributed by atoms with Crippen molar-refractivity contribution in [2.45, 2.75) is 26.2 Å². The zero-order valence-corrected chi connectivity index (χ0v) is 12.0. The second-order valence-electron chi connectivity index (χ2n) is 5.47. The third-order valence-electron chi connectivity index (χ3n) is 3.53. The highest BCUT2D eigenvalue weighted by Crippen LogP contribution is 2.25. The fraction of sp³-hybridized carbons (Fsp3) is 0.625. The van der Waals surface area contributed by atoms with Crippen LogP contribution >= 0.6 is 0 Å². The summed E-state index contributed by atoms with van der Waals surface area (Å²) in [5, 5.41) is 3.44. The highest BCUT2D eigenvalue weighted by Gasteiger charge is 2.14. The maximum absolute atomic E-state index is 5.87. The van der Waals surface area contributed by atoms with Crippen molar-refractivity contribution in [3.63, 3.8) is 0 Å². The van der Waals surface area contributed by atoms with Crippen LogP contribution < -0.4 is 10.1 Å². The van der Waals surface area contributed by atoms with Crippen molar-refractivity contribution in [2.75, 3.05) is 32.9 Å². The first-order valence-corrected chi connectivity index (χ1v) is 7.27. The summed E-state index contributed by atoms with van der Waals surface area (Å²) < 4.78 is 11.2. The maximum Gasteiger partial charge on any atom is 0.122 e. The number of para-hydroxylation sites is 1. The largest absolute Gasteiger partial charge is 0.492 e. The Labute approximate surface area is 116 Å².